The Morgan fingerprint density at radius 3 is 2.88 bits per heavy atom. The summed E-state index contributed by atoms with van der Waals surface area (Å²) in [4.78, 5) is 35.3. The van der Waals surface area contributed by atoms with Crippen LogP contribution in [0.4, 0.5) is 4.79 Å². The lowest BCUT2D eigenvalue weighted by molar-refractivity contribution is -0.153. The molecule has 2 atom stereocenters. The van der Waals surface area contributed by atoms with Crippen molar-refractivity contribution < 1.29 is 23.9 Å². The quantitative estimate of drug-likeness (QED) is 0.776. The van der Waals surface area contributed by atoms with Gasteiger partial charge in [-0.25, -0.2) is 4.79 Å². The molecule has 0 aromatic heterocycles. The van der Waals surface area contributed by atoms with Gasteiger partial charge in [0.05, 0.1) is 5.92 Å². The molecular formula is C17H21ClN2O5. The molecule has 3 amide bonds. The van der Waals surface area contributed by atoms with Crippen molar-refractivity contribution in [1.82, 2.24) is 10.6 Å². The van der Waals surface area contributed by atoms with Crippen molar-refractivity contribution in [2.24, 2.45) is 5.92 Å². The number of nitrogens with one attached hydrogen (secondary N) is 2. The fourth-order valence-corrected chi connectivity index (χ4v) is 2.49. The van der Waals surface area contributed by atoms with Crippen LogP contribution in [0.3, 0.4) is 0 Å². The smallest absolute Gasteiger partial charge is 0.321 e. The van der Waals surface area contributed by atoms with Crippen LogP contribution in [0.25, 0.3) is 0 Å². The molecule has 1 aliphatic heterocycles. The average molecular weight is 369 g/mol. The Morgan fingerprint density at radius 1 is 1.40 bits per heavy atom. The zero-order valence-corrected chi connectivity index (χ0v) is 14.9. The number of hydrogen-bond donors (Lipinski definition) is 2. The summed E-state index contributed by atoms with van der Waals surface area (Å²) >= 11 is 5.94. The van der Waals surface area contributed by atoms with Gasteiger partial charge in [-0.2, -0.15) is 0 Å². The Balaban J connectivity index is 1.79. The lowest BCUT2D eigenvalue weighted by Crippen LogP contribution is -2.45. The van der Waals surface area contributed by atoms with Gasteiger partial charge in [-0.15, -0.1) is 0 Å². The normalized spacial score (nSPS) is 16.8. The average Bonchev–Trinajstić information content (AvgIpc) is 2.58. The van der Waals surface area contributed by atoms with E-state index < -0.39 is 30.4 Å². The van der Waals surface area contributed by atoms with Gasteiger partial charge in [0.15, 0.2) is 6.61 Å². The van der Waals surface area contributed by atoms with Crippen molar-refractivity contribution in [1.29, 1.82) is 0 Å². The fourth-order valence-electron chi connectivity index (χ4n) is 2.29. The third-order valence-electron chi connectivity index (χ3n) is 3.85. The minimum absolute atomic E-state index is 0.0540. The van der Waals surface area contributed by atoms with E-state index in [1.54, 1.807) is 18.2 Å². The molecule has 1 aromatic carbocycles. The lowest BCUT2D eigenvalue weighted by atomic mass is 9.97. The highest BCUT2D eigenvalue weighted by molar-refractivity contribution is 6.30. The zero-order valence-electron chi connectivity index (χ0n) is 14.1. The van der Waals surface area contributed by atoms with Gasteiger partial charge in [-0.1, -0.05) is 18.5 Å². The molecule has 0 aliphatic carbocycles. The van der Waals surface area contributed by atoms with Gasteiger partial charge >= 0.3 is 12.0 Å². The summed E-state index contributed by atoms with van der Waals surface area (Å²) in [5.74, 6) is -1.07. The van der Waals surface area contributed by atoms with Gasteiger partial charge in [-0.05, 0) is 43.5 Å². The minimum Gasteiger partial charge on any atom is -0.492 e. The SMILES string of the molecule is CC[C@@H](C)NC(=O)NC(=O)COC(=O)[C@@H]1COc2ccc(Cl)cc2C1. The van der Waals surface area contributed by atoms with Gasteiger partial charge in [0.2, 0.25) is 0 Å². The van der Waals surface area contributed by atoms with Crippen molar-refractivity contribution in [3.63, 3.8) is 0 Å². The van der Waals surface area contributed by atoms with Gasteiger partial charge < -0.3 is 14.8 Å². The number of hydrogen-bond acceptors (Lipinski definition) is 5. The van der Waals surface area contributed by atoms with Gasteiger partial charge in [-0.3, -0.25) is 14.9 Å². The van der Waals surface area contributed by atoms with Crippen molar-refractivity contribution in [3.8, 4) is 5.75 Å². The molecule has 8 heteroatoms. The molecule has 0 fully saturated rings. The Morgan fingerprint density at radius 2 is 2.16 bits per heavy atom. The molecule has 2 N–H and O–H groups in total. The van der Waals surface area contributed by atoms with Crippen molar-refractivity contribution in [3.05, 3.63) is 28.8 Å². The molecule has 0 spiro atoms. The number of amides is 3. The first-order chi connectivity index (χ1) is 11.9. The monoisotopic (exact) mass is 368 g/mol. The highest BCUT2D eigenvalue weighted by atomic mass is 35.5. The van der Waals surface area contributed by atoms with Gasteiger partial charge in [0.25, 0.3) is 5.91 Å². The van der Waals surface area contributed by atoms with E-state index in [0.29, 0.717) is 17.2 Å². The van der Waals surface area contributed by atoms with Crippen LogP contribution in [0.1, 0.15) is 25.8 Å². The molecule has 0 radical (unpaired) electrons. The van der Waals surface area contributed by atoms with Gasteiger partial charge in [0.1, 0.15) is 12.4 Å². The number of rotatable bonds is 5. The van der Waals surface area contributed by atoms with E-state index in [-0.39, 0.29) is 12.6 Å². The first-order valence-corrected chi connectivity index (χ1v) is 8.45. The molecule has 0 saturated heterocycles. The number of carbonyl (C=O) groups is 3. The second-order valence-corrected chi connectivity index (χ2v) is 6.34. The van der Waals surface area contributed by atoms with E-state index in [1.165, 1.54) is 0 Å². The highest BCUT2D eigenvalue weighted by Crippen LogP contribution is 2.30. The number of urea groups is 1. The molecule has 1 heterocycles. The second kappa shape index (κ2) is 8.71. The Hall–Kier alpha value is -2.28. The van der Waals surface area contributed by atoms with E-state index in [9.17, 15) is 14.4 Å². The third kappa shape index (κ3) is 5.63. The number of ether oxygens (including phenoxy) is 2. The van der Waals surface area contributed by atoms with E-state index in [4.69, 9.17) is 21.1 Å². The molecule has 0 saturated carbocycles. The van der Waals surface area contributed by atoms with Crippen molar-refractivity contribution >= 4 is 29.5 Å². The maximum atomic E-state index is 12.1. The topological polar surface area (TPSA) is 93.7 Å². The zero-order chi connectivity index (χ0) is 18.4. The van der Waals surface area contributed by atoms with Crippen molar-refractivity contribution in [2.45, 2.75) is 32.7 Å². The number of fused-ring (bicyclic) bond motifs is 1. The Kier molecular flexibility index (Phi) is 6.64. The molecule has 25 heavy (non-hydrogen) atoms. The molecule has 136 valence electrons. The summed E-state index contributed by atoms with van der Waals surface area (Å²) in [6.07, 6.45) is 1.16. The van der Waals surface area contributed by atoms with Gasteiger partial charge in [0, 0.05) is 11.1 Å². The molecule has 0 unspecified atom stereocenters. The van der Waals surface area contributed by atoms with E-state index >= 15 is 0 Å². The molecular weight excluding hydrogens is 348 g/mol. The minimum atomic E-state index is -0.686. The lowest BCUT2D eigenvalue weighted by Gasteiger charge is -2.24. The maximum Gasteiger partial charge on any atom is 0.321 e. The summed E-state index contributed by atoms with van der Waals surface area (Å²) in [7, 11) is 0. The number of benzene rings is 1. The Labute approximate surface area is 151 Å². The first kappa shape index (κ1) is 19.1. The molecule has 2 rings (SSSR count). The molecule has 1 aliphatic rings. The highest BCUT2D eigenvalue weighted by Gasteiger charge is 2.28. The van der Waals surface area contributed by atoms with Crippen LogP contribution in [-0.4, -0.2) is 37.2 Å². The Bertz CT molecular complexity index is 664. The van der Waals surface area contributed by atoms with Crippen LogP contribution < -0.4 is 15.4 Å². The van der Waals surface area contributed by atoms with Crippen LogP contribution in [0.2, 0.25) is 5.02 Å². The predicted octanol–water partition coefficient (Wildman–Crippen LogP) is 2.06. The van der Waals surface area contributed by atoms with Crippen LogP contribution in [0, 0.1) is 5.92 Å². The van der Waals surface area contributed by atoms with E-state index in [0.717, 1.165) is 12.0 Å². The maximum absolute atomic E-state index is 12.1. The predicted molar refractivity (Wildman–Crippen MR) is 91.5 cm³/mol. The second-order valence-electron chi connectivity index (χ2n) is 5.90. The van der Waals surface area contributed by atoms with Crippen LogP contribution in [-0.2, 0) is 20.7 Å². The number of imide groups is 1. The summed E-state index contributed by atoms with van der Waals surface area (Å²) < 4.78 is 10.5. The molecule has 7 nitrogen and oxygen atoms in total. The van der Waals surface area contributed by atoms with E-state index in [1.807, 2.05) is 13.8 Å². The summed E-state index contributed by atoms with van der Waals surface area (Å²) in [6, 6.07) is 4.54. The van der Waals surface area contributed by atoms with Crippen LogP contribution >= 0.6 is 11.6 Å². The first-order valence-electron chi connectivity index (χ1n) is 8.07. The van der Waals surface area contributed by atoms with Crippen LogP contribution in [0.5, 0.6) is 5.75 Å². The molecule has 1 aromatic rings. The number of halogens is 1. The summed E-state index contributed by atoms with van der Waals surface area (Å²) in [5, 5.41) is 5.25. The van der Waals surface area contributed by atoms with Crippen molar-refractivity contribution in [2.75, 3.05) is 13.2 Å². The van der Waals surface area contributed by atoms with E-state index in [2.05, 4.69) is 10.6 Å². The number of esters is 1. The molecule has 0 bridgehead atoms. The standard InChI is InChI=1S/C17H21ClN2O5/c1-3-10(2)19-17(23)20-15(21)9-25-16(22)12-6-11-7-13(18)4-5-14(11)24-8-12/h4-5,7,10,12H,3,6,8-9H2,1-2H3,(H2,19,20,21,23)/t10-,12+/m1/s1. The largest absolute Gasteiger partial charge is 0.492 e. The summed E-state index contributed by atoms with van der Waals surface area (Å²) in [6.45, 7) is 3.37. The summed E-state index contributed by atoms with van der Waals surface area (Å²) in [5.41, 5.74) is 0.818. The number of carbonyl (C=O) groups excluding carboxylic acids is 3. The fraction of sp³-hybridized carbons (Fsp3) is 0.471. The third-order valence-corrected chi connectivity index (χ3v) is 4.09. The van der Waals surface area contributed by atoms with Crippen LogP contribution in [0.15, 0.2) is 18.2 Å².